The van der Waals surface area contributed by atoms with Gasteiger partial charge in [-0.25, -0.2) is 12.8 Å². The lowest BCUT2D eigenvalue weighted by atomic mass is 10.1. The summed E-state index contributed by atoms with van der Waals surface area (Å²) < 4.78 is 34.9. The molecule has 0 aliphatic rings. The highest BCUT2D eigenvalue weighted by Gasteiger charge is 2.02. The van der Waals surface area contributed by atoms with Gasteiger partial charge in [-0.1, -0.05) is 12.1 Å². The molecule has 0 aromatic heterocycles. The van der Waals surface area contributed by atoms with Gasteiger partial charge in [-0.05, 0) is 31.0 Å². The fourth-order valence-corrected chi connectivity index (χ4v) is 2.06. The number of rotatable bonds is 7. The van der Waals surface area contributed by atoms with E-state index in [0.717, 1.165) is 12.0 Å². The molecule has 8 heteroatoms. The largest absolute Gasteiger partial charge is 0.357 e. The summed E-state index contributed by atoms with van der Waals surface area (Å²) in [6.07, 6.45) is 1.92. The predicted octanol–water partition coefficient (Wildman–Crippen LogP) is 1.59. The molecule has 1 rings (SSSR count). The van der Waals surface area contributed by atoms with Crippen molar-refractivity contribution in [2.75, 3.05) is 31.6 Å². The Labute approximate surface area is 148 Å². The molecular weight excluding hydrogens is 420 g/mol. The minimum absolute atomic E-state index is 0. The Hall–Kier alpha value is -0.900. The van der Waals surface area contributed by atoms with Gasteiger partial charge in [0.1, 0.15) is 15.7 Å². The van der Waals surface area contributed by atoms with Crippen molar-refractivity contribution in [2.45, 2.75) is 13.3 Å². The van der Waals surface area contributed by atoms with Crippen molar-refractivity contribution in [1.29, 1.82) is 0 Å². The van der Waals surface area contributed by atoms with Crippen molar-refractivity contribution >= 4 is 39.8 Å². The van der Waals surface area contributed by atoms with Crippen LogP contribution in [0.4, 0.5) is 4.39 Å². The topological polar surface area (TPSA) is 70.6 Å². The number of nitrogens with one attached hydrogen (secondary N) is 2. The smallest absolute Gasteiger partial charge is 0.191 e. The number of guanidine groups is 1. The summed E-state index contributed by atoms with van der Waals surface area (Å²) >= 11 is 0. The van der Waals surface area contributed by atoms with Crippen molar-refractivity contribution < 1.29 is 12.8 Å². The van der Waals surface area contributed by atoms with E-state index >= 15 is 0 Å². The molecule has 126 valence electrons. The highest BCUT2D eigenvalue weighted by molar-refractivity contribution is 14.0. The van der Waals surface area contributed by atoms with Crippen molar-refractivity contribution in [2.24, 2.45) is 4.99 Å². The van der Waals surface area contributed by atoms with Gasteiger partial charge < -0.3 is 10.6 Å². The second-order valence-corrected chi connectivity index (χ2v) is 6.95. The van der Waals surface area contributed by atoms with Gasteiger partial charge in [0, 0.05) is 19.3 Å². The third-order valence-electron chi connectivity index (χ3n) is 2.70. The molecule has 22 heavy (non-hydrogen) atoms. The van der Waals surface area contributed by atoms with E-state index in [1.165, 1.54) is 18.4 Å². The molecular formula is C14H23FIN3O2S. The number of halogens is 2. The van der Waals surface area contributed by atoms with Gasteiger partial charge in [0.25, 0.3) is 0 Å². The minimum atomic E-state index is -3.00. The summed E-state index contributed by atoms with van der Waals surface area (Å²) in [5.74, 6) is 0.368. The van der Waals surface area contributed by atoms with Gasteiger partial charge in [-0.2, -0.15) is 0 Å². The Morgan fingerprint density at radius 1 is 1.23 bits per heavy atom. The van der Waals surface area contributed by atoms with Crippen LogP contribution in [0.5, 0.6) is 0 Å². The number of benzene rings is 1. The second kappa shape index (κ2) is 10.8. The van der Waals surface area contributed by atoms with Crippen LogP contribution in [0.25, 0.3) is 0 Å². The summed E-state index contributed by atoms with van der Waals surface area (Å²) in [5.41, 5.74) is 1.02. The number of hydrogen-bond donors (Lipinski definition) is 2. The van der Waals surface area contributed by atoms with Gasteiger partial charge in [-0.15, -0.1) is 24.0 Å². The Morgan fingerprint density at radius 3 is 2.41 bits per heavy atom. The zero-order valence-electron chi connectivity index (χ0n) is 12.8. The van der Waals surface area contributed by atoms with E-state index in [2.05, 4.69) is 15.6 Å². The van der Waals surface area contributed by atoms with Crippen LogP contribution in [0.1, 0.15) is 12.5 Å². The van der Waals surface area contributed by atoms with E-state index in [-0.39, 0.29) is 42.1 Å². The third kappa shape index (κ3) is 9.93. The summed E-state index contributed by atoms with van der Waals surface area (Å²) in [5, 5.41) is 6.17. The average molecular weight is 443 g/mol. The molecule has 0 saturated carbocycles. The van der Waals surface area contributed by atoms with Crippen molar-refractivity contribution in [3.05, 3.63) is 35.6 Å². The van der Waals surface area contributed by atoms with Gasteiger partial charge in [0.2, 0.25) is 0 Å². The Morgan fingerprint density at radius 2 is 1.86 bits per heavy atom. The zero-order chi connectivity index (χ0) is 15.7. The van der Waals surface area contributed by atoms with Crippen LogP contribution in [0, 0.1) is 5.82 Å². The lowest BCUT2D eigenvalue weighted by Gasteiger charge is -2.11. The van der Waals surface area contributed by atoms with Crippen LogP contribution < -0.4 is 10.6 Å². The van der Waals surface area contributed by atoms with E-state index in [1.54, 1.807) is 12.1 Å². The van der Waals surface area contributed by atoms with Crippen LogP contribution in [0.3, 0.4) is 0 Å². The maximum atomic E-state index is 12.8. The summed E-state index contributed by atoms with van der Waals surface area (Å²) in [6.45, 7) is 3.50. The summed E-state index contributed by atoms with van der Waals surface area (Å²) in [6, 6.07) is 6.34. The van der Waals surface area contributed by atoms with E-state index in [1.807, 2.05) is 6.92 Å². The molecule has 2 N–H and O–H groups in total. The highest BCUT2D eigenvalue weighted by Crippen LogP contribution is 2.02. The molecule has 0 saturated heterocycles. The monoisotopic (exact) mass is 443 g/mol. The van der Waals surface area contributed by atoms with Crippen LogP contribution >= 0.6 is 24.0 Å². The average Bonchev–Trinajstić information content (AvgIpc) is 2.39. The Kier molecular flexibility index (Phi) is 10.3. The zero-order valence-corrected chi connectivity index (χ0v) is 15.9. The molecule has 5 nitrogen and oxygen atoms in total. The maximum Gasteiger partial charge on any atom is 0.191 e. The van der Waals surface area contributed by atoms with Crippen LogP contribution in [0.15, 0.2) is 29.3 Å². The number of nitrogens with zero attached hydrogens (tertiary/aromatic N) is 1. The van der Waals surface area contributed by atoms with E-state index in [4.69, 9.17) is 0 Å². The highest BCUT2D eigenvalue weighted by atomic mass is 127. The lowest BCUT2D eigenvalue weighted by molar-refractivity contribution is 0.601. The fourth-order valence-electron chi connectivity index (χ4n) is 1.64. The quantitative estimate of drug-likeness (QED) is 0.382. The maximum absolute atomic E-state index is 12.8. The number of aliphatic imine (C=N–C) groups is 1. The second-order valence-electron chi connectivity index (χ2n) is 4.69. The van der Waals surface area contributed by atoms with Crippen LogP contribution in [0.2, 0.25) is 0 Å². The van der Waals surface area contributed by atoms with Crippen molar-refractivity contribution in [1.82, 2.24) is 10.6 Å². The molecule has 0 bridgehead atoms. The third-order valence-corrected chi connectivity index (χ3v) is 3.62. The molecule has 0 radical (unpaired) electrons. The SMILES string of the molecule is CCNC(=NCCS(C)(=O)=O)NCCc1ccc(F)cc1.I. The normalized spacial score (nSPS) is 11.7. The van der Waals surface area contributed by atoms with Crippen LogP contribution in [-0.4, -0.2) is 46.0 Å². The Balaban J connectivity index is 0.00000441. The van der Waals surface area contributed by atoms with Gasteiger partial charge in [0.15, 0.2) is 5.96 Å². The molecule has 0 fully saturated rings. The number of sulfone groups is 1. The van der Waals surface area contributed by atoms with E-state index in [9.17, 15) is 12.8 Å². The van der Waals surface area contributed by atoms with Gasteiger partial charge in [0.05, 0.1) is 12.3 Å². The molecule has 0 aliphatic carbocycles. The van der Waals surface area contributed by atoms with Crippen LogP contribution in [-0.2, 0) is 16.3 Å². The summed E-state index contributed by atoms with van der Waals surface area (Å²) in [7, 11) is -3.00. The first-order chi connectivity index (χ1) is 9.90. The first-order valence-electron chi connectivity index (χ1n) is 6.85. The molecule has 0 heterocycles. The molecule has 0 amide bonds. The molecule has 0 unspecified atom stereocenters. The van der Waals surface area contributed by atoms with E-state index < -0.39 is 9.84 Å². The lowest BCUT2D eigenvalue weighted by Crippen LogP contribution is -2.38. The van der Waals surface area contributed by atoms with Gasteiger partial charge in [-0.3, -0.25) is 4.99 Å². The molecule has 1 aromatic rings. The van der Waals surface area contributed by atoms with E-state index in [0.29, 0.717) is 19.0 Å². The summed E-state index contributed by atoms with van der Waals surface area (Å²) in [4.78, 5) is 4.20. The van der Waals surface area contributed by atoms with Gasteiger partial charge >= 0.3 is 0 Å². The number of hydrogen-bond acceptors (Lipinski definition) is 3. The minimum Gasteiger partial charge on any atom is -0.357 e. The van der Waals surface area contributed by atoms with Crippen molar-refractivity contribution in [3.8, 4) is 0 Å². The molecule has 0 atom stereocenters. The predicted molar refractivity (Wildman–Crippen MR) is 99.2 cm³/mol. The fraction of sp³-hybridized carbons (Fsp3) is 0.500. The molecule has 0 aliphatic heterocycles. The first kappa shape index (κ1) is 21.1. The molecule has 1 aromatic carbocycles. The standard InChI is InChI=1S/C14H22FN3O2S.HI/c1-3-16-14(18-10-11-21(2,19)20)17-9-8-12-4-6-13(15)7-5-12;/h4-7H,3,8-11H2,1-2H3,(H2,16,17,18);1H. The molecule has 0 spiro atoms. The first-order valence-corrected chi connectivity index (χ1v) is 8.91. The Bertz CT molecular complexity index is 562. The van der Waals surface area contributed by atoms with Crippen molar-refractivity contribution in [3.63, 3.8) is 0 Å².